The normalized spacial score (nSPS) is 11.7. The summed E-state index contributed by atoms with van der Waals surface area (Å²) in [5.74, 6) is 0. The molecule has 0 amide bonds. The van der Waals surface area contributed by atoms with E-state index in [-0.39, 0.29) is 21.6 Å². The Labute approximate surface area is 178 Å². The van der Waals surface area contributed by atoms with Crippen LogP contribution >= 0.6 is 75.0 Å². The molecule has 0 nitrogen and oxygen atoms in total. The highest BCUT2D eigenvalue weighted by Crippen LogP contribution is 2.44. The highest BCUT2D eigenvalue weighted by Gasteiger charge is 2.29. The summed E-state index contributed by atoms with van der Waals surface area (Å²) >= 11 is 6.40. The molecule has 0 fully saturated rings. The lowest BCUT2D eigenvalue weighted by atomic mass is 10.4. The Morgan fingerprint density at radius 1 is 0.538 bits per heavy atom. The number of hydrogen-bond acceptors (Lipinski definition) is 4. The van der Waals surface area contributed by atoms with Crippen molar-refractivity contribution in [3.63, 3.8) is 0 Å². The van der Waals surface area contributed by atoms with Gasteiger partial charge in [0.05, 0.1) is 0 Å². The molecule has 12 heteroatoms. The van der Waals surface area contributed by atoms with Crippen LogP contribution in [0.15, 0.2) is 67.3 Å². The topological polar surface area (TPSA) is 0 Å². The van der Waals surface area contributed by atoms with Gasteiger partial charge in [-0.3, -0.25) is 0 Å². The van der Waals surface area contributed by atoms with Gasteiger partial charge in [0.2, 0.25) is 0 Å². The van der Waals surface area contributed by atoms with Crippen molar-refractivity contribution in [2.24, 2.45) is 0 Å². The molecule has 2 aromatic carbocycles. The summed E-state index contributed by atoms with van der Waals surface area (Å²) in [5, 5.41) is 0. The zero-order valence-electron chi connectivity index (χ0n) is 12.3. The highest BCUT2D eigenvalue weighted by atomic mass is 79.9. The second kappa shape index (κ2) is 11.4. The molecule has 26 heavy (non-hydrogen) atoms. The van der Waals surface area contributed by atoms with Gasteiger partial charge in [-0.15, -0.1) is 0 Å². The van der Waals surface area contributed by atoms with Gasteiger partial charge in [-0.1, -0.05) is 31.9 Å². The monoisotopic (exact) mass is 576 g/mol. The van der Waals surface area contributed by atoms with E-state index < -0.39 is 11.0 Å². The quantitative estimate of drug-likeness (QED) is 0.262. The summed E-state index contributed by atoms with van der Waals surface area (Å²) in [6, 6.07) is 13.4. The minimum atomic E-state index is -4.18. The van der Waals surface area contributed by atoms with Crippen LogP contribution in [0.5, 0.6) is 0 Å². The predicted molar refractivity (Wildman–Crippen MR) is 107 cm³/mol. The number of hydrogen-bond donors (Lipinski definition) is 0. The first kappa shape index (κ1) is 24.4. The van der Waals surface area contributed by atoms with Crippen LogP contribution in [-0.2, 0) is 0 Å². The van der Waals surface area contributed by atoms with Crippen LogP contribution in [-0.4, -0.2) is 11.0 Å². The first-order chi connectivity index (χ1) is 11.9. The Hall–Kier alpha value is 0.380. The Kier molecular flexibility index (Phi) is 10.7. The van der Waals surface area contributed by atoms with Crippen LogP contribution in [0.4, 0.5) is 26.3 Å². The Morgan fingerprint density at radius 3 is 1.04 bits per heavy atom. The van der Waals surface area contributed by atoms with Crippen LogP contribution in [0.25, 0.3) is 0 Å². The summed E-state index contributed by atoms with van der Waals surface area (Å²) in [7, 11) is 1.20. The van der Waals surface area contributed by atoms with Gasteiger partial charge in [-0.05, 0) is 70.1 Å². The third kappa shape index (κ3) is 12.7. The third-order valence-corrected chi connectivity index (χ3v) is 7.41. The lowest BCUT2D eigenvalue weighted by Crippen LogP contribution is -1.95. The standard InChI is InChI=1S/2C7H4BrF3S2/c2*8-5-1-3-6(4-2-5)12-13-7(9,10)11/h2*1-4H. The van der Waals surface area contributed by atoms with Crippen LogP contribution < -0.4 is 0 Å². The van der Waals surface area contributed by atoms with E-state index in [1.165, 1.54) is 0 Å². The number of alkyl halides is 6. The maximum absolute atomic E-state index is 11.8. The highest BCUT2D eigenvalue weighted by molar-refractivity contribution is 9.10. The SMILES string of the molecule is FC(F)(F)SSc1ccc(Br)cc1.FC(F)(F)SSc1ccc(Br)cc1. The zero-order valence-corrected chi connectivity index (χ0v) is 18.7. The second-order valence-corrected chi connectivity index (χ2v) is 10.5. The van der Waals surface area contributed by atoms with E-state index in [2.05, 4.69) is 31.9 Å². The van der Waals surface area contributed by atoms with E-state index in [0.717, 1.165) is 8.95 Å². The van der Waals surface area contributed by atoms with Gasteiger partial charge in [0.15, 0.2) is 0 Å². The first-order valence-electron chi connectivity index (χ1n) is 6.30. The van der Waals surface area contributed by atoms with Gasteiger partial charge in [0.25, 0.3) is 0 Å². The Morgan fingerprint density at radius 2 is 0.808 bits per heavy atom. The average Bonchev–Trinajstić information content (AvgIpc) is 2.53. The third-order valence-electron chi connectivity index (χ3n) is 2.09. The van der Waals surface area contributed by atoms with Crippen molar-refractivity contribution in [1.29, 1.82) is 0 Å². The Bertz CT molecular complexity index is 600. The fourth-order valence-corrected chi connectivity index (χ4v) is 4.39. The fraction of sp³-hybridized carbons (Fsp3) is 0.143. The van der Waals surface area contributed by atoms with Gasteiger partial charge in [0.1, 0.15) is 0 Å². The van der Waals surface area contributed by atoms with E-state index in [4.69, 9.17) is 0 Å². The summed E-state index contributed by atoms with van der Waals surface area (Å²) < 4.78 is 72.2. The largest absolute Gasteiger partial charge is 0.452 e. The minimum Gasteiger partial charge on any atom is -0.160 e. The molecule has 0 aromatic heterocycles. The van der Waals surface area contributed by atoms with Gasteiger partial charge in [-0.25, -0.2) is 0 Å². The summed E-state index contributed by atoms with van der Waals surface area (Å²) in [6.45, 7) is 0. The van der Waals surface area contributed by atoms with E-state index in [0.29, 0.717) is 31.4 Å². The molecule has 0 aliphatic heterocycles. The molecule has 0 spiro atoms. The molecule has 0 N–H and O–H groups in total. The maximum atomic E-state index is 11.8. The van der Waals surface area contributed by atoms with Crippen LogP contribution in [0.2, 0.25) is 0 Å². The van der Waals surface area contributed by atoms with E-state index in [1.807, 2.05) is 0 Å². The molecular formula is C14H8Br2F6S4. The van der Waals surface area contributed by atoms with Gasteiger partial charge < -0.3 is 0 Å². The molecule has 2 rings (SSSR count). The fourth-order valence-electron chi connectivity index (χ4n) is 1.17. The van der Waals surface area contributed by atoms with Crippen molar-refractivity contribution in [3.05, 3.63) is 57.5 Å². The maximum Gasteiger partial charge on any atom is 0.452 e. The summed E-state index contributed by atoms with van der Waals surface area (Å²) in [4.78, 5) is 1.18. The van der Waals surface area contributed by atoms with Crippen LogP contribution in [0.3, 0.4) is 0 Å². The van der Waals surface area contributed by atoms with E-state index in [1.54, 1.807) is 48.5 Å². The predicted octanol–water partition coefficient (Wildman–Crippen LogP) is 9.42. The van der Waals surface area contributed by atoms with Crippen molar-refractivity contribution in [1.82, 2.24) is 0 Å². The van der Waals surface area contributed by atoms with Crippen LogP contribution in [0, 0.1) is 0 Å². The molecule has 0 heterocycles. The molecule has 0 saturated heterocycles. The Balaban J connectivity index is 0.000000260. The van der Waals surface area contributed by atoms with Crippen molar-refractivity contribution < 1.29 is 26.3 Å². The van der Waals surface area contributed by atoms with E-state index >= 15 is 0 Å². The number of halogens is 8. The van der Waals surface area contributed by atoms with Crippen molar-refractivity contribution in [3.8, 4) is 0 Å². The van der Waals surface area contributed by atoms with Crippen molar-refractivity contribution in [2.45, 2.75) is 20.8 Å². The smallest absolute Gasteiger partial charge is 0.160 e. The first-order valence-corrected chi connectivity index (χ1v) is 12.2. The summed E-state index contributed by atoms with van der Waals surface area (Å²) in [5.41, 5.74) is -8.37. The molecule has 0 radical (unpaired) electrons. The summed E-state index contributed by atoms with van der Waals surface area (Å²) in [6.07, 6.45) is 0. The second-order valence-electron chi connectivity index (χ2n) is 4.13. The lowest BCUT2D eigenvalue weighted by Gasteiger charge is -2.03. The zero-order chi connectivity index (χ0) is 19.8. The molecular weight excluding hydrogens is 570 g/mol. The molecule has 0 saturated carbocycles. The molecule has 144 valence electrons. The average molecular weight is 578 g/mol. The molecule has 0 aliphatic carbocycles. The molecule has 2 aromatic rings. The minimum absolute atomic E-state index is 0.106. The van der Waals surface area contributed by atoms with Crippen LogP contribution in [0.1, 0.15) is 0 Å². The van der Waals surface area contributed by atoms with Gasteiger partial charge in [0, 0.05) is 40.3 Å². The number of benzene rings is 2. The van der Waals surface area contributed by atoms with Crippen molar-refractivity contribution in [2.75, 3.05) is 0 Å². The van der Waals surface area contributed by atoms with E-state index in [9.17, 15) is 26.3 Å². The molecule has 0 atom stereocenters. The molecule has 0 bridgehead atoms. The van der Waals surface area contributed by atoms with Gasteiger partial charge in [-0.2, -0.15) is 26.3 Å². The molecule has 0 aliphatic rings. The molecule has 0 unspecified atom stereocenters. The number of rotatable bonds is 4. The van der Waals surface area contributed by atoms with Gasteiger partial charge >= 0.3 is 11.0 Å². The van der Waals surface area contributed by atoms with Crippen molar-refractivity contribution >= 4 is 75.0 Å². The lowest BCUT2D eigenvalue weighted by molar-refractivity contribution is -0.0320.